The summed E-state index contributed by atoms with van der Waals surface area (Å²) in [6.07, 6.45) is 3.77. The lowest BCUT2D eigenvalue weighted by Gasteiger charge is -2.27. The molecular weight excluding hydrogens is 370 g/mol. The Balaban J connectivity index is 2.14. The van der Waals surface area contributed by atoms with E-state index in [0.717, 1.165) is 11.1 Å². The first-order valence-corrected chi connectivity index (χ1v) is 10.1. The van der Waals surface area contributed by atoms with Gasteiger partial charge in [0.25, 0.3) is 10.0 Å². The van der Waals surface area contributed by atoms with Crippen molar-refractivity contribution >= 4 is 21.6 Å². The van der Waals surface area contributed by atoms with Crippen molar-refractivity contribution in [1.29, 1.82) is 0 Å². The van der Waals surface area contributed by atoms with E-state index in [0.29, 0.717) is 11.4 Å². The highest BCUT2D eigenvalue weighted by atomic mass is 35.5. The van der Waals surface area contributed by atoms with Crippen molar-refractivity contribution in [3.63, 3.8) is 0 Å². The third-order valence-corrected chi connectivity index (χ3v) is 6.47. The van der Waals surface area contributed by atoms with Crippen LogP contribution < -0.4 is 0 Å². The zero-order valence-corrected chi connectivity index (χ0v) is 16.8. The number of hydrogen-bond acceptors (Lipinski definition) is 3. The molecular formula is C20H24ClNO3S. The molecule has 0 spiro atoms. The SMILES string of the molecule is Cc1ccc(S(=O)(=O)N(C)/C=C/CC(C)(CO)c2ccc(Cl)cc2)cc1. The van der Waals surface area contributed by atoms with Gasteiger partial charge in [0.15, 0.2) is 0 Å². The summed E-state index contributed by atoms with van der Waals surface area (Å²) in [5.74, 6) is 0. The van der Waals surface area contributed by atoms with Crippen molar-refractivity contribution in [3.8, 4) is 0 Å². The van der Waals surface area contributed by atoms with Crippen LogP contribution in [0.25, 0.3) is 0 Å². The second-order valence-corrected chi connectivity index (χ2v) is 9.08. The van der Waals surface area contributed by atoms with Crippen LogP contribution in [0.1, 0.15) is 24.5 Å². The minimum atomic E-state index is -3.58. The lowest BCUT2D eigenvalue weighted by molar-refractivity contribution is 0.206. The monoisotopic (exact) mass is 393 g/mol. The van der Waals surface area contributed by atoms with E-state index in [4.69, 9.17) is 11.6 Å². The summed E-state index contributed by atoms with van der Waals surface area (Å²) < 4.78 is 26.4. The molecule has 1 N–H and O–H groups in total. The maximum absolute atomic E-state index is 12.6. The number of aliphatic hydroxyl groups excluding tert-OH is 1. The largest absolute Gasteiger partial charge is 0.395 e. The molecule has 2 aromatic rings. The van der Waals surface area contributed by atoms with Crippen LogP contribution in [0.15, 0.2) is 65.7 Å². The summed E-state index contributed by atoms with van der Waals surface area (Å²) in [6, 6.07) is 14.0. The number of rotatable bonds is 7. The number of nitrogens with zero attached hydrogens (tertiary/aromatic N) is 1. The van der Waals surface area contributed by atoms with E-state index in [1.165, 1.54) is 17.6 Å². The van der Waals surface area contributed by atoms with Crippen molar-refractivity contribution in [1.82, 2.24) is 4.31 Å². The van der Waals surface area contributed by atoms with E-state index in [2.05, 4.69) is 0 Å². The lowest BCUT2D eigenvalue weighted by atomic mass is 9.80. The topological polar surface area (TPSA) is 57.6 Å². The first-order chi connectivity index (χ1) is 12.2. The molecule has 0 aliphatic carbocycles. The second kappa shape index (κ2) is 8.25. The molecule has 0 bridgehead atoms. The highest BCUT2D eigenvalue weighted by Crippen LogP contribution is 2.29. The third-order valence-electron chi connectivity index (χ3n) is 4.47. The van der Waals surface area contributed by atoms with Gasteiger partial charge in [-0.25, -0.2) is 8.42 Å². The van der Waals surface area contributed by atoms with Crippen LogP contribution in [-0.2, 0) is 15.4 Å². The van der Waals surface area contributed by atoms with E-state index in [-0.39, 0.29) is 11.5 Å². The molecule has 140 valence electrons. The molecule has 26 heavy (non-hydrogen) atoms. The molecule has 4 nitrogen and oxygen atoms in total. The van der Waals surface area contributed by atoms with Crippen LogP contribution >= 0.6 is 11.6 Å². The minimum Gasteiger partial charge on any atom is -0.395 e. The Morgan fingerprint density at radius 3 is 2.23 bits per heavy atom. The second-order valence-electron chi connectivity index (χ2n) is 6.65. The summed E-state index contributed by atoms with van der Waals surface area (Å²) in [5, 5.41) is 10.5. The molecule has 0 amide bonds. The molecule has 0 aliphatic heterocycles. The summed E-state index contributed by atoms with van der Waals surface area (Å²) in [6.45, 7) is 3.77. The van der Waals surface area contributed by atoms with E-state index >= 15 is 0 Å². The van der Waals surface area contributed by atoms with Gasteiger partial charge in [0, 0.05) is 23.7 Å². The Morgan fingerprint density at radius 2 is 1.69 bits per heavy atom. The van der Waals surface area contributed by atoms with Gasteiger partial charge in [-0.15, -0.1) is 0 Å². The maximum atomic E-state index is 12.6. The number of halogens is 1. The number of allylic oxidation sites excluding steroid dienone is 1. The Kier molecular flexibility index (Phi) is 6.50. The van der Waals surface area contributed by atoms with Crippen LogP contribution in [-0.4, -0.2) is 31.5 Å². The quantitative estimate of drug-likeness (QED) is 0.769. The smallest absolute Gasteiger partial charge is 0.263 e. The van der Waals surface area contributed by atoms with Crippen molar-refractivity contribution in [2.45, 2.75) is 30.6 Å². The van der Waals surface area contributed by atoms with Crippen molar-refractivity contribution in [2.24, 2.45) is 0 Å². The summed E-state index contributed by atoms with van der Waals surface area (Å²) >= 11 is 5.92. The normalized spacial score (nSPS) is 14.3. The molecule has 2 rings (SSSR count). The lowest BCUT2D eigenvalue weighted by Crippen LogP contribution is -2.26. The average molecular weight is 394 g/mol. The number of hydrogen-bond donors (Lipinski definition) is 1. The fourth-order valence-electron chi connectivity index (χ4n) is 2.54. The maximum Gasteiger partial charge on any atom is 0.263 e. The molecule has 0 radical (unpaired) electrons. The standard InChI is InChI=1S/C20H24ClNO3S/c1-16-5-11-19(12-6-16)26(24,25)22(3)14-4-13-20(2,15-23)17-7-9-18(21)10-8-17/h4-12,14,23H,13,15H2,1-3H3/b14-4+. The summed E-state index contributed by atoms with van der Waals surface area (Å²) in [7, 11) is -2.08. The van der Waals surface area contributed by atoms with Crippen LogP contribution in [0.3, 0.4) is 0 Å². The zero-order valence-electron chi connectivity index (χ0n) is 15.2. The first kappa shape index (κ1) is 20.5. The van der Waals surface area contributed by atoms with E-state index in [1.54, 1.807) is 42.5 Å². The first-order valence-electron chi connectivity index (χ1n) is 8.27. The van der Waals surface area contributed by atoms with E-state index < -0.39 is 15.4 Å². The molecule has 0 saturated heterocycles. The van der Waals surface area contributed by atoms with Gasteiger partial charge in [-0.05, 0) is 43.2 Å². The molecule has 1 atom stereocenters. The minimum absolute atomic E-state index is 0.0621. The Hall–Kier alpha value is -1.82. The number of sulfonamides is 1. The van der Waals surface area contributed by atoms with Gasteiger partial charge in [0.1, 0.15) is 0 Å². The summed E-state index contributed by atoms with van der Waals surface area (Å²) in [5.41, 5.74) is 1.43. The van der Waals surface area contributed by atoms with Crippen molar-refractivity contribution in [2.75, 3.05) is 13.7 Å². The predicted molar refractivity (Wildman–Crippen MR) is 106 cm³/mol. The number of aliphatic hydroxyl groups is 1. The van der Waals surface area contributed by atoms with Crippen molar-refractivity contribution in [3.05, 3.63) is 77.0 Å². The van der Waals surface area contributed by atoms with Crippen LogP contribution in [0.2, 0.25) is 5.02 Å². The summed E-state index contributed by atoms with van der Waals surface area (Å²) in [4.78, 5) is 0.248. The molecule has 1 unspecified atom stereocenters. The molecule has 0 fully saturated rings. The highest BCUT2D eigenvalue weighted by molar-refractivity contribution is 7.89. The Labute approximate surface area is 160 Å². The van der Waals surface area contributed by atoms with Gasteiger partial charge in [0.2, 0.25) is 0 Å². The van der Waals surface area contributed by atoms with Gasteiger partial charge >= 0.3 is 0 Å². The van der Waals surface area contributed by atoms with Gasteiger partial charge in [-0.3, -0.25) is 4.31 Å². The zero-order chi connectivity index (χ0) is 19.4. The Morgan fingerprint density at radius 1 is 1.12 bits per heavy atom. The predicted octanol–water partition coefficient (Wildman–Crippen LogP) is 4.12. The molecule has 0 aromatic heterocycles. The van der Waals surface area contributed by atoms with Gasteiger partial charge in [-0.1, -0.05) is 54.4 Å². The third kappa shape index (κ3) is 4.67. The van der Waals surface area contributed by atoms with Gasteiger partial charge in [0.05, 0.1) is 11.5 Å². The molecule has 6 heteroatoms. The van der Waals surface area contributed by atoms with Crippen LogP contribution in [0, 0.1) is 6.92 Å². The van der Waals surface area contributed by atoms with Crippen LogP contribution in [0.5, 0.6) is 0 Å². The number of benzene rings is 2. The fourth-order valence-corrected chi connectivity index (χ4v) is 3.73. The number of aryl methyl sites for hydroxylation is 1. The molecule has 0 aliphatic rings. The van der Waals surface area contributed by atoms with Gasteiger partial charge in [-0.2, -0.15) is 0 Å². The van der Waals surface area contributed by atoms with Gasteiger partial charge < -0.3 is 5.11 Å². The van der Waals surface area contributed by atoms with E-state index in [9.17, 15) is 13.5 Å². The molecule has 0 saturated carbocycles. The molecule has 2 aromatic carbocycles. The van der Waals surface area contributed by atoms with Crippen LogP contribution in [0.4, 0.5) is 0 Å². The fraction of sp³-hybridized carbons (Fsp3) is 0.300. The average Bonchev–Trinajstić information content (AvgIpc) is 2.62. The van der Waals surface area contributed by atoms with E-state index in [1.807, 2.05) is 26.0 Å². The molecule has 0 heterocycles. The highest BCUT2D eigenvalue weighted by Gasteiger charge is 2.25. The van der Waals surface area contributed by atoms with Crippen molar-refractivity contribution < 1.29 is 13.5 Å². The Bertz CT molecular complexity index is 861.